The maximum Gasteiger partial charge on any atom is 0.318 e. The molecule has 1 saturated heterocycles. The summed E-state index contributed by atoms with van der Waals surface area (Å²) < 4.78 is 12.0. The van der Waals surface area contributed by atoms with Crippen LogP contribution in [0.15, 0.2) is 70.0 Å². The lowest BCUT2D eigenvalue weighted by atomic mass is 10.1. The van der Waals surface area contributed by atoms with Crippen molar-refractivity contribution in [2.75, 3.05) is 7.11 Å². The Morgan fingerprint density at radius 3 is 2.38 bits per heavy atom. The van der Waals surface area contributed by atoms with Crippen LogP contribution in [0, 0.1) is 20.2 Å². The van der Waals surface area contributed by atoms with E-state index in [9.17, 15) is 29.8 Å². The van der Waals surface area contributed by atoms with Crippen molar-refractivity contribution in [3.05, 3.63) is 101 Å². The Morgan fingerprint density at radius 2 is 1.73 bits per heavy atom. The Bertz CT molecular complexity index is 1460. The summed E-state index contributed by atoms with van der Waals surface area (Å²) in [6.07, 6.45) is 1.43. The summed E-state index contributed by atoms with van der Waals surface area (Å²) in [6, 6.07) is 14.9. The molecule has 1 fully saturated rings. The minimum absolute atomic E-state index is 0.0293. The van der Waals surface area contributed by atoms with Crippen molar-refractivity contribution in [3.8, 4) is 17.2 Å². The predicted molar refractivity (Wildman–Crippen MR) is 138 cm³/mol. The molecule has 188 valence electrons. The van der Waals surface area contributed by atoms with Gasteiger partial charge < -0.3 is 9.47 Å². The third-order valence-corrected chi connectivity index (χ3v) is 6.64. The molecule has 13 heteroatoms. The molecule has 0 spiro atoms. The lowest BCUT2D eigenvalue weighted by molar-refractivity contribution is -0.394. The van der Waals surface area contributed by atoms with Crippen molar-refractivity contribution in [2.24, 2.45) is 0 Å². The smallest absolute Gasteiger partial charge is 0.318 e. The molecule has 0 radical (unpaired) electrons. The summed E-state index contributed by atoms with van der Waals surface area (Å²) >= 11 is 4.09. The molecule has 3 aromatic rings. The zero-order valence-electron chi connectivity index (χ0n) is 19.0. The van der Waals surface area contributed by atoms with Crippen molar-refractivity contribution in [1.29, 1.82) is 0 Å². The van der Waals surface area contributed by atoms with Gasteiger partial charge in [0.2, 0.25) is 5.75 Å². The van der Waals surface area contributed by atoms with Crippen LogP contribution >= 0.6 is 27.7 Å². The molecule has 0 saturated carbocycles. The van der Waals surface area contributed by atoms with Crippen LogP contribution in [0.5, 0.6) is 17.2 Å². The molecule has 0 aromatic heterocycles. The highest BCUT2D eigenvalue weighted by Gasteiger charge is 2.35. The number of amides is 2. The van der Waals surface area contributed by atoms with Crippen molar-refractivity contribution < 1.29 is 28.9 Å². The van der Waals surface area contributed by atoms with Gasteiger partial charge in [-0.05, 0) is 47.7 Å². The fraction of sp³-hybridized carbons (Fsp3) is 0.0833. The third-order valence-electron chi connectivity index (χ3n) is 5.21. The van der Waals surface area contributed by atoms with Gasteiger partial charge in [0.05, 0.1) is 34.5 Å². The van der Waals surface area contributed by atoms with Crippen LogP contribution in [0.25, 0.3) is 6.08 Å². The monoisotopic (exact) mass is 585 g/mol. The average Bonchev–Trinajstić information content (AvgIpc) is 3.13. The van der Waals surface area contributed by atoms with E-state index in [0.29, 0.717) is 5.56 Å². The molecule has 2 amide bonds. The van der Waals surface area contributed by atoms with Crippen LogP contribution in [0.2, 0.25) is 0 Å². The average molecular weight is 586 g/mol. The van der Waals surface area contributed by atoms with E-state index in [1.54, 1.807) is 30.3 Å². The second kappa shape index (κ2) is 10.8. The Kier molecular flexibility index (Phi) is 7.55. The highest BCUT2D eigenvalue weighted by Crippen LogP contribution is 2.42. The normalized spacial score (nSPS) is 14.2. The van der Waals surface area contributed by atoms with Gasteiger partial charge in [-0.1, -0.05) is 40.2 Å². The van der Waals surface area contributed by atoms with E-state index < -0.39 is 32.4 Å². The largest absolute Gasteiger partial charge is 0.493 e. The SMILES string of the molecule is COc1cccc(/C=C2/SC(=O)N(Cc3ccc(Br)cc3)C2=O)c1Oc1ccc([N+](=O)[O-])cc1[N+](=O)[O-]. The maximum atomic E-state index is 13.0. The summed E-state index contributed by atoms with van der Waals surface area (Å²) in [5.41, 5.74) is -0.0246. The van der Waals surface area contributed by atoms with Gasteiger partial charge in [0.25, 0.3) is 16.8 Å². The Morgan fingerprint density at radius 1 is 1.00 bits per heavy atom. The number of hydrogen-bond donors (Lipinski definition) is 0. The van der Waals surface area contributed by atoms with Gasteiger partial charge in [0.15, 0.2) is 11.5 Å². The van der Waals surface area contributed by atoms with Crippen LogP contribution in [-0.4, -0.2) is 33.0 Å². The fourth-order valence-corrected chi connectivity index (χ4v) is 4.52. The molecule has 4 rings (SSSR count). The molecule has 37 heavy (non-hydrogen) atoms. The zero-order valence-corrected chi connectivity index (χ0v) is 21.4. The summed E-state index contributed by atoms with van der Waals surface area (Å²) in [7, 11) is 1.36. The second-order valence-corrected chi connectivity index (χ2v) is 9.45. The number of para-hydroxylation sites is 1. The fourth-order valence-electron chi connectivity index (χ4n) is 3.42. The lowest BCUT2D eigenvalue weighted by Crippen LogP contribution is -2.27. The Labute approximate surface area is 222 Å². The maximum absolute atomic E-state index is 13.0. The van der Waals surface area contributed by atoms with Gasteiger partial charge in [-0.3, -0.25) is 34.7 Å². The first-order valence-corrected chi connectivity index (χ1v) is 12.1. The summed E-state index contributed by atoms with van der Waals surface area (Å²) in [6.45, 7) is 0.0890. The van der Waals surface area contributed by atoms with Gasteiger partial charge in [-0.2, -0.15) is 0 Å². The van der Waals surface area contributed by atoms with Crippen molar-refractivity contribution in [3.63, 3.8) is 0 Å². The summed E-state index contributed by atoms with van der Waals surface area (Å²) in [5.74, 6) is -0.553. The number of carbonyl (C=O) groups is 2. The quantitative estimate of drug-likeness (QED) is 0.169. The molecule has 0 atom stereocenters. The number of hydrogen-bond acceptors (Lipinski definition) is 9. The van der Waals surface area contributed by atoms with Crippen LogP contribution < -0.4 is 9.47 Å². The standard InChI is InChI=1S/C24H16BrN3O8S/c1-35-20-4-2-3-15(22(20)36-19-10-9-17(27(31)32)12-18(19)28(33)34)11-21-23(29)26(24(30)37-21)13-14-5-7-16(25)8-6-14/h2-12H,13H2,1H3/b21-11+. The molecule has 0 bridgehead atoms. The number of non-ortho nitro benzene ring substituents is 1. The number of nitrogens with zero attached hydrogens (tertiary/aromatic N) is 3. The van der Waals surface area contributed by atoms with Crippen LogP contribution in [0.3, 0.4) is 0 Å². The van der Waals surface area contributed by atoms with Gasteiger partial charge in [0.1, 0.15) is 0 Å². The summed E-state index contributed by atoms with van der Waals surface area (Å²) in [5, 5.41) is 22.2. The first-order chi connectivity index (χ1) is 17.7. The Balaban J connectivity index is 1.69. The Hall–Kier alpha value is -4.23. The van der Waals surface area contributed by atoms with Crippen molar-refractivity contribution in [2.45, 2.75) is 6.54 Å². The van der Waals surface area contributed by atoms with E-state index in [0.717, 1.165) is 44.9 Å². The van der Waals surface area contributed by atoms with E-state index in [-0.39, 0.29) is 28.7 Å². The number of imide groups is 1. The molecular weight excluding hydrogens is 570 g/mol. The van der Waals surface area contributed by atoms with Crippen LogP contribution in [-0.2, 0) is 11.3 Å². The molecule has 3 aromatic carbocycles. The number of nitro benzene ring substituents is 2. The number of halogens is 1. The third kappa shape index (κ3) is 5.62. The molecule has 11 nitrogen and oxygen atoms in total. The van der Waals surface area contributed by atoms with E-state index in [1.807, 2.05) is 12.1 Å². The highest BCUT2D eigenvalue weighted by atomic mass is 79.9. The van der Waals surface area contributed by atoms with E-state index >= 15 is 0 Å². The number of thioether (sulfide) groups is 1. The highest BCUT2D eigenvalue weighted by molar-refractivity contribution is 9.10. The van der Waals surface area contributed by atoms with E-state index in [2.05, 4.69) is 15.9 Å². The molecule has 1 aliphatic rings. The van der Waals surface area contributed by atoms with Crippen molar-refractivity contribution in [1.82, 2.24) is 4.90 Å². The molecule has 0 unspecified atom stereocenters. The van der Waals surface area contributed by atoms with E-state index in [4.69, 9.17) is 9.47 Å². The molecule has 1 aliphatic heterocycles. The molecule has 1 heterocycles. The number of benzene rings is 3. The number of carbonyl (C=O) groups excluding carboxylic acids is 2. The van der Waals surface area contributed by atoms with Gasteiger partial charge in [-0.25, -0.2) is 0 Å². The predicted octanol–water partition coefficient (Wildman–Crippen LogP) is 6.30. The number of methoxy groups -OCH3 is 1. The minimum Gasteiger partial charge on any atom is -0.493 e. The van der Waals surface area contributed by atoms with Crippen LogP contribution in [0.4, 0.5) is 16.2 Å². The molecule has 0 N–H and O–H groups in total. The number of ether oxygens (including phenoxy) is 2. The van der Waals surface area contributed by atoms with Gasteiger partial charge in [-0.15, -0.1) is 0 Å². The minimum atomic E-state index is -0.801. The van der Waals surface area contributed by atoms with Gasteiger partial charge >= 0.3 is 5.69 Å². The first kappa shape index (κ1) is 25.9. The number of rotatable bonds is 8. The summed E-state index contributed by atoms with van der Waals surface area (Å²) in [4.78, 5) is 47.9. The first-order valence-electron chi connectivity index (χ1n) is 10.5. The topological polar surface area (TPSA) is 142 Å². The van der Waals surface area contributed by atoms with E-state index in [1.165, 1.54) is 13.2 Å². The van der Waals surface area contributed by atoms with Gasteiger partial charge in [0, 0.05) is 16.1 Å². The molecule has 0 aliphatic carbocycles. The zero-order chi connectivity index (χ0) is 26.7. The second-order valence-electron chi connectivity index (χ2n) is 7.54. The van der Waals surface area contributed by atoms with Crippen LogP contribution in [0.1, 0.15) is 11.1 Å². The lowest BCUT2D eigenvalue weighted by Gasteiger charge is -2.14. The number of nitro groups is 2. The molecular formula is C24H16BrN3O8S. The van der Waals surface area contributed by atoms with Crippen molar-refractivity contribution >= 4 is 56.3 Å².